The van der Waals surface area contributed by atoms with E-state index >= 15 is 0 Å². The summed E-state index contributed by atoms with van der Waals surface area (Å²) in [7, 11) is -1.84. The first-order valence-electron chi connectivity index (χ1n) is 10.9. The molecule has 224 valence electrons. The van der Waals surface area contributed by atoms with Crippen molar-refractivity contribution < 1.29 is 75.2 Å². The van der Waals surface area contributed by atoms with Crippen LogP contribution < -0.4 is 5.73 Å². The summed E-state index contributed by atoms with van der Waals surface area (Å²) in [4.78, 5) is 61.5. The quantitative estimate of drug-likeness (QED) is 0.115. The molecule has 1 aromatic rings. The number of phenolic OH excluding ortho intramolecular Hbond substituents is 1. The molecule has 0 aliphatic heterocycles. The van der Waals surface area contributed by atoms with E-state index in [1.165, 1.54) is 44.1 Å². The molecule has 1 saturated carbocycles. The van der Waals surface area contributed by atoms with Crippen LogP contribution in [-0.2, 0) is 24.5 Å². The van der Waals surface area contributed by atoms with Crippen molar-refractivity contribution in [3.63, 3.8) is 0 Å². The number of phenols is 1. The van der Waals surface area contributed by atoms with Gasteiger partial charge < -0.3 is 62.0 Å². The summed E-state index contributed by atoms with van der Waals surface area (Å²) in [6.07, 6.45) is -1.87. The highest BCUT2D eigenvalue weighted by atomic mass is 31.2. The molecule has 40 heavy (non-hydrogen) atoms. The van der Waals surface area contributed by atoms with Crippen molar-refractivity contribution >= 4 is 31.1 Å². The highest BCUT2D eigenvalue weighted by molar-refractivity contribution is 7.45. The zero-order valence-corrected chi connectivity index (χ0v) is 22.1. The number of nitrogens with two attached hydrogens (primary N) is 1. The fourth-order valence-corrected chi connectivity index (χ4v) is 5.60. The number of benzene rings is 1. The lowest BCUT2D eigenvalue weighted by Crippen LogP contribution is -2.71. The van der Waals surface area contributed by atoms with Crippen LogP contribution in [0.15, 0.2) is 35.1 Å². The number of primary amides is 1. The monoisotopic (exact) mass is 594 g/mol. The lowest BCUT2D eigenvalue weighted by Gasteiger charge is -2.55. The van der Waals surface area contributed by atoms with E-state index in [-0.39, 0.29) is 22.1 Å². The van der Waals surface area contributed by atoms with E-state index in [9.17, 15) is 45.0 Å². The molecule has 1 aromatic carbocycles. The topological polar surface area (TPSA) is 343 Å². The molecule has 1 fully saturated rings. The number of nitrogens with zero attached hydrogens (tertiary/aromatic N) is 1. The number of carbonyl (C=O) groups is 3. The molecule has 0 bridgehead atoms. The SMILES string of the molecule is CN(C)[C@@H]1C(=O)C(C(N)=O)=C(O)[C@@]2(O)C(=O)C3=C(O)c4c(O)cccc4[C@@](C)(O)[C@H]3[C@H](O)[C@@H]12.O.O.O=P(O)(O)O. The number of aliphatic hydroxyl groups is 5. The van der Waals surface area contributed by atoms with Gasteiger partial charge >= 0.3 is 7.82 Å². The van der Waals surface area contributed by atoms with Gasteiger partial charge in [-0.05, 0) is 32.6 Å². The normalized spacial score (nSPS) is 31.1. The number of ketones is 2. The minimum Gasteiger partial charge on any atom is -0.508 e. The molecule has 6 atom stereocenters. The summed E-state index contributed by atoms with van der Waals surface area (Å²) in [5.41, 5.74) is -1.78. The standard InChI is InChI=1S/C22H24N2O9.H3O4P.2H2O/c1-21(32)7-5-4-6-8(25)9(7)15(26)10-12(21)17(28)13-14(24(2)3)16(27)11(20(23)31)19(30)22(13,33)18(10)29;1-5(2,3)4;;/h4-6,12-14,17,25-26,28,30,32-33H,1-3H3,(H2,23,31);(H3,1,2,3,4);2*1H2/t12-,13-,14+,17+,21-,22+;;;/m1.../s1. The minimum atomic E-state index is -4.64. The van der Waals surface area contributed by atoms with E-state index in [1.807, 2.05) is 0 Å². The van der Waals surface area contributed by atoms with Crippen molar-refractivity contribution in [2.24, 2.45) is 17.6 Å². The molecule has 0 spiro atoms. The fraction of sp³-hybridized carbons (Fsp3) is 0.409. The fourth-order valence-electron chi connectivity index (χ4n) is 5.60. The molecular weight excluding hydrogens is 563 g/mol. The number of fused-ring (bicyclic) bond motifs is 3. The van der Waals surface area contributed by atoms with Crippen molar-refractivity contribution in [2.75, 3.05) is 14.1 Å². The Balaban J connectivity index is 0.00000105. The van der Waals surface area contributed by atoms with Crippen molar-refractivity contribution in [1.82, 2.24) is 4.90 Å². The van der Waals surface area contributed by atoms with Gasteiger partial charge in [0.2, 0.25) is 5.78 Å². The van der Waals surface area contributed by atoms with Crippen LogP contribution >= 0.6 is 7.82 Å². The lowest BCUT2D eigenvalue weighted by molar-refractivity contribution is -0.181. The Morgan fingerprint density at radius 1 is 1.05 bits per heavy atom. The lowest BCUT2D eigenvalue weighted by atomic mass is 9.53. The first kappa shape index (κ1) is 34.8. The Labute approximate surface area is 225 Å². The molecule has 0 aromatic heterocycles. The van der Waals surface area contributed by atoms with Gasteiger partial charge in [0, 0.05) is 0 Å². The number of hydrogen-bond acceptors (Lipinski definition) is 11. The van der Waals surface area contributed by atoms with Gasteiger partial charge in [-0.1, -0.05) is 12.1 Å². The van der Waals surface area contributed by atoms with Crippen LogP contribution in [0.5, 0.6) is 5.75 Å². The molecule has 0 saturated heterocycles. The molecule has 1 amide bonds. The van der Waals surface area contributed by atoms with Crippen molar-refractivity contribution in [2.45, 2.75) is 30.3 Å². The molecule has 15 N–H and O–H groups in total. The molecule has 3 aliphatic carbocycles. The molecule has 18 heteroatoms. The number of rotatable bonds is 2. The largest absolute Gasteiger partial charge is 0.508 e. The van der Waals surface area contributed by atoms with Gasteiger partial charge in [-0.25, -0.2) is 4.57 Å². The summed E-state index contributed by atoms with van der Waals surface area (Å²) < 4.78 is 8.88. The van der Waals surface area contributed by atoms with Crippen LogP contribution in [0.25, 0.3) is 5.76 Å². The maximum Gasteiger partial charge on any atom is 0.466 e. The molecule has 0 radical (unpaired) electrons. The summed E-state index contributed by atoms with van der Waals surface area (Å²) in [5, 5.41) is 66.3. The third kappa shape index (κ3) is 5.04. The highest BCUT2D eigenvalue weighted by Crippen LogP contribution is 2.57. The molecule has 4 rings (SSSR count). The predicted molar refractivity (Wildman–Crippen MR) is 133 cm³/mol. The van der Waals surface area contributed by atoms with Gasteiger partial charge in [0.05, 0.1) is 40.7 Å². The van der Waals surface area contributed by atoms with Gasteiger partial charge in [0.1, 0.15) is 22.8 Å². The summed E-state index contributed by atoms with van der Waals surface area (Å²) >= 11 is 0. The van der Waals surface area contributed by atoms with Crippen LogP contribution in [0.4, 0.5) is 0 Å². The second-order valence-electron chi connectivity index (χ2n) is 9.57. The third-order valence-electron chi connectivity index (χ3n) is 7.03. The Bertz CT molecular complexity index is 1340. The Hall–Kier alpha value is -3.22. The highest BCUT2D eigenvalue weighted by Gasteiger charge is 2.70. The Kier molecular flexibility index (Phi) is 9.56. The Morgan fingerprint density at radius 2 is 1.55 bits per heavy atom. The summed E-state index contributed by atoms with van der Waals surface area (Å²) in [5.74, 6) is -9.67. The predicted octanol–water partition coefficient (Wildman–Crippen LogP) is -3.98. The average Bonchev–Trinajstić information content (AvgIpc) is 2.75. The Morgan fingerprint density at radius 3 is 2.00 bits per heavy atom. The maximum atomic E-state index is 13.7. The zero-order valence-electron chi connectivity index (χ0n) is 21.2. The van der Waals surface area contributed by atoms with Crippen LogP contribution in [0.1, 0.15) is 18.1 Å². The van der Waals surface area contributed by atoms with Crippen LogP contribution in [-0.4, -0.2) is 110 Å². The van der Waals surface area contributed by atoms with Crippen LogP contribution in [0.3, 0.4) is 0 Å². The number of amides is 1. The first-order chi connectivity index (χ1) is 17.2. The minimum absolute atomic E-state index is 0. The average molecular weight is 594 g/mol. The number of likely N-dealkylation sites (N-methyl/N-ethyl adjacent to an activating group) is 1. The second-order valence-corrected chi connectivity index (χ2v) is 10.6. The number of phosphoric acid groups is 1. The van der Waals surface area contributed by atoms with Crippen molar-refractivity contribution in [3.8, 4) is 5.75 Å². The van der Waals surface area contributed by atoms with Crippen LogP contribution in [0, 0.1) is 11.8 Å². The van der Waals surface area contributed by atoms with Gasteiger partial charge in [0.15, 0.2) is 11.4 Å². The van der Waals surface area contributed by atoms with Crippen molar-refractivity contribution in [3.05, 3.63) is 46.2 Å². The van der Waals surface area contributed by atoms with Crippen molar-refractivity contribution in [1.29, 1.82) is 0 Å². The number of aromatic hydroxyl groups is 1. The molecule has 0 unspecified atom stereocenters. The zero-order chi connectivity index (χ0) is 29.3. The molecular formula is C22H31N2O15P. The van der Waals surface area contributed by atoms with E-state index in [1.54, 1.807) is 0 Å². The number of hydrogen-bond donors (Lipinski definition) is 10. The van der Waals surface area contributed by atoms with E-state index < -0.39 is 88.9 Å². The van der Waals surface area contributed by atoms with E-state index in [2.05, 4.69) is 0 Å². The number of carbonyl (C=O) groups excluding carboxylic acids is 3. The van der Waals surface area contributed by atoms with Gasteiger partial charge in [0.25, 0.3) is 5.91 Å². The van der Waals surface area contributed by atoms with Crippen LogP contribution in [0.2, 0.25) is 0 Å². The first-order valence-corrected chi connectivity index (χ1v) is 12.4. The number of Topliss-reactive ketones (excluding diaryl/α,β-unsaturated/α-hetero) is 2. The van der Waals surface area contributed by atoms with Gasteiger partial charge in [-0.2, -0.15) is 0 Å². The van der Waals surface area contributed by atoms with Gasteiger partial charge in [-0.3, -0.25) is 19.3 Å². The molecule has 0 heterocycles. The van der Waals surface area contributed by atoms with Gasteiger partial charge in [-0.15, -0.1) is 0 Å². The summed E-state index contributed by atoms with van der Waals surface area (Å²) in [6, 6.07) is 2.50. The molecule has 3 aliphatic rings. The van der Waals surface area contributed by atoms with E-state index in [0.29, 0.717) is 0 Å². The second kappa shape index (κ2) is 11.0. The summed E-state index contributed by atoms with van der Waals surface area (Å²) in [6.45, 7) is 1.25. The van der Waals surface area contributed by atoms with E-state index in [4.69, 9.17) is 25.0 Å². The third-order valence-corrected chi connectivity index (χ3v) is 7.03. The smallest absolute Gasteiger partial charge is 0.466 e. The number of aliphatic hydroxyl groups excluding tert-OH is 3. The maximum absolute atomic E-state index is 13.7. The molecule has 17 nitrogen and oxygen atoms in total. The van der Waals surface area contributed by atoms with E-state index in [0.717, 1.165) is 0 Å².